The van der Waals surface area contributed by atoms with Gasteiger partial charge in [-0.25, -0.2) is 4.79 Å². The second kappa shape index (κ2) is 8.28. The molecule has 0 unspecified atom stereocenters. The summed E-state index contributed by atoms with van der Waals surface area (Å²) in [6.45, 7) is 4.26. The van der Waals surface area contributed by atoms with Gasteiger partial charge in [0.2, 0.25) is 0 Å². The van der Waals surface area contributed by atoms with Gasteiger partial charge in [0.25, 0.3) is 0 Å². The molecule has 1 aromatic carbocycles. The number of benzene rings is 1. The van der Waals surface area contributed by atoms with Crippen molar-refractivity contribution in [3.8, 4) is 5.69 Å². The van der Waals surface area contributed by atoms with Crippen LogP contribution in [0.15, 0.2) is 67.0 Å². The molecule has 0 bridgehead atoms. The first-order chi connectivity index (χ1) is 14.5. The smallest absolute Gasteiger partial charge is 0.337 e. The van der Waals surface area contributed by atoms with Crippen LogP contribution in [0.1, 0.15) is 47.7 Å². The second-order valence-electron chi connectivity index (χ2n) is 7.47. The molecule has 1 saturated heterocycles. The maximum absolute atomic E-state index is 12.0. The summed E-state index contributed by atoms with van der Waals surface area (Å²) in [5.74, 6) is -0.357. The van der Waals surface area contributed by atoms with E-state index in [4.69, 9.17) is 17.0 Å². The van der Waals surface area contributed by atoms with E-state index in [1.54, 1.807) is 12.3 Å². The zero-order chi connectivity index (χ0) is 21.3. The number of esters is 1. The summed E-state index contributed by atoms with van der Waals surface area (Å²) < 4.78 is 6.98. The molecular formula is C23H24N4O2S. The van der Waals surface area contributed by atoms with Gasteiger partial charge in [0, 0.05) is 29.8 Å². The van der Waals surface area contributed by atoms with Crippen molar-refractivity contribution in [1.29, 1.82) is 0 Å². The van der Waals surface area contributed by atoms with Gasteiger partial charge in [0.1, 0.15) is 0 Å². The summed E-state index contributed by atoms with van der Waals surface area (Å²) in [4.78, 5) is 18.8. The highest BCUT2D eigenvalue weighted by Crippen LogP contribution is 2.40. The van der Waals surface area contributed by atoms with E-state index in [0.717, 1.165) is 17.1 Å². The van der Waals surface area contributed by atoms with Crippen LogP contribution < -0.4 is 5.32 Å². The van der Waals surface area contributed by atoms with E-state index in [2.05, 4.69) is 39.7 Å². The van der Waals surface area contributed by atoms with Crippen LogP contribution in [0.5, 0.6) is 0 Å². The molecule has 3 heterocycles. The number of hydrogen-bond donors (Lipinski definition) is 1. The number of pyridine rings is 1. The molecule has 0 saturated carbocycles. The summed E-state index contributed by atoms with van der Waals surface area (Å²) in [5.41, 5.74) is 3.40. The van der Waals surface area contributed by atoms with Gasteiger partial charge in [0.05, 0.1) is 30.5 Å². The Labute approximate surface area is 181 Å². The van der Waals surface area contributed by atoms with Crippen molar-refractivity contribution < 1.29 is 9.53 Å². The molecule has 30 heavy (non-hydrogen) atoms. The van der Waals surface area contributed by atoms with Gasteiger partial charge in [-0.1, -0.05) is 12.1 Å². The average Bonchev–Trinajstić information content (AvgIpc) is 3.38. The van der Waals surface area contributed by atoms with E-state index in [0.29, 0.717) is 10.7 Å². The van der Waals surface area contributed by atoms with Gasteiger partial charge in [-0.05, 0) is 68.5 Å². The first kappa shape index (κ1) is 20.1. The number of carbonyl (C=O) groups is 1. The summed E-state index contributed by atoms with van der Waals surface area (Å²) in [5, 5.41) is 4.17. The van der Waals surface area contributed by atoms with Crippen molar-refractivity contribution in [1.82, 2.24) is 19.8 Å². The van der Waals surface area contributed by atoms with Crippen LogP contribution in [0.2, 0.25) is 0 Å². The van der Waals surface area contributed by atoms with Crippen molar-refractivity contribution in [3.05, 3.63) is 83.9 Å². The Balaban J connectivity index is 1.82. The maximum atomic E-state index is 12.0. The first-order valence-corrected chi connectivity index (χ1v) is 10.3. The third-order valence-electron chi connectivity index (χ3n) is 5.32. The van der Waals surface area contributed by atoms with E-state index >= 15 is 0 Å². The molecule has 0 spiro atoms. The lowest BCUT2D eigenvalue weighted by Gasteiger charge is -2.31. The Kier molecular flexibility index (Phi) is 5.55. The number of methoxy groups -OCH3 is 1. The molecule has 0 aliphatic carbocycles. The van der Waals surface area contributed by atoms with Crippen molar-refractivity contribution in [3.63, 3.8) is 0 Å². The molecule has 154 valence electrons. The lowest BCUT2D eigenvalue weighted by atomic mass is 10.00. The number of rotatable bonds is 5. The van der Waals surface area contributed by atoms with Gasteiger partial charge < -0.3 is 19.5 Å². The minimum atomic E-state index is -0.357. The average molecular weight is 421 g/mol. The lowest BCUT2D eigenvalue weighted by molar-refractivity contribution is 0.0600. The fourth-order valence-electron chi connectivity index (χ4n) is 4.01. The van der Waals surface area contributed by atoms with Crippen LogP contribution in [-0.2, 0) is 4.74 Å². The molecule has 2 atom stereocenters. The molecule has 1 aliphatic rings. The number of ether oxygens (including phenoxy) is 1. The highest BCUT2D eigenvalue weighted by atomic mass is 32.1. The SMILES string of the molecule is COC(=O)c1cccc(-n2cccc2[C@@H]2[C@@H](c3ccccn3)NC(=S)N2C(C)C)c1. The third kappa shape index (κ3) is 3.57. The minimum absolute atomic E-state index is 0.0517. The summed E-state index contributed by atoms with van der Waals surface area (Å²) in [7, 11) is 1.39. The maximum Gasteiger partial charge on any atom is 0.337 e. The highest BCUT2D eigenvalue weighted by molar-refractivity contribution is 7.80. The number of nitrogens with one attached hydrogen (secondary N) is 1. The first-order valence-electron chi connectivity index (χ1n) is 9.87. The van der Waals surface area contributed by atoms with Crippen LogP contribution in [-0.4, -0.2) is 38.7 Å². The van der Waals surface area contributed by atoms with Crippen LogP contribution in [0.3, 0.4) is 0 Å². The highest BCUT2D eigenvalue weighted by Gasteiger charge is 2.42. The molecule has 1 aliphatic heterocycles. The van der Waals surface area contributed by atoms with Crippen LogP contribution in [0.4, 0.5) is 0 Å². The Morgan fingerprint density at radius 2 is 2.00 bits per heavy atom. The third-order valence-corrected chi connectivity index (χ3v) is 5.65. The zero-order valence-electron chi connectivity index (χ0n) is 17.1. The van der Waals surface area contributed by atoms with Crippen LogP contribution in [0, 0.1) is 0 Å². The standard InChI is InChI=1S/C23H24N4O2S/c1-15(2)27-21(20(25-23(27)30)18-10-4-5-12-24-18)19-11-7-13-26(19)17-9-6-8-16(14-17)22(28)29-3/h4-15,20-21H,1-3H3,(H,25,30)/t20-,21-/m1/s1. The van der Waals surface area contributed by atoms with E-state index < -0.39 is 0 Å². The largest absolute Gasteiger partial charge is 0.465 e. The van der Waals surface area contributed by atoms with Crippen molar-refractivity contribution in [2.24, 2.45) is 0 Å². The molecule has 1 N–H and O–H groups in total. The molecule has 3 aromatic rings. The zero-order valence-corrected chi connectivity index (χ0v) is 18.0. The Bertz CT molecular complexity index is 1060. The normalized spacial score (nSPS) is 18.5. The molecule has 2 aromatic heterocycles. The van der Waals surface area contributed by atoms with Gasteiger partial charge in [-0.15, -0.1) is 0 Å². The Morgan fingerprint density at radius 3 is 2.70 bits per heavy atom. The number of aromatic nitrogens is 2. The fourth-order valence-corrected chi connectivity index (χ4v) is 4.46. The molecule has 1 fully saturated rings. The van der Waals surface area contributed by atoms with Crippen molar-refractivity contribution in [2.75, 3.05) is 7.11 Å². The van der Waals surface area contributed by atoms with Crippen molar-refractivity contribution in [2.45, 2.75) is 32.0 Å². The molecule has 6 nitrogen and oxygen atoms in total. The second-order valence-corrected chi connectivity index (χ2v) is 7.86. The van der Waals surface area contributed by atoms with Gasteiger partial charge in [-0.3, -0.25) is 4.98 Å². The molecule has 0 radical (unpaired) electrons. The van der Waals surface area contributed by atoms with E-state index in [9.17, 15) is 4.79 Å². The lowest BCUT2D eigenvalue weighted by Crippen LogP contribution is -2.36. The molecule has 0 amide bonds. The predicted molar refractivity (Wildman–Crippen MR) is 120 cm³/mol. The van der Waals surface area contributed by atoms with Gasteiger partial charge >= 0.3 is 5.97 Å². The monoisotopic (exact) mass is 420 g/mol. The van der Waals surface area contributed by atoms with E-state index in [1.807, 2.05) is 48.7 Å². The molecular weight excluding hydrogens is 396 g/mol. The van der Waals surface area contributed by atoms with E-state index in [-0.39, 0.29) is 24.1 Å². The van der Waals surface area contributed by atoms with Crippen LogP contribution in [0.25, 0.3) is 5.69 Å². The summed E-state index contributed by atoms with van der Waals surface area (Å²) >= 11 is 5.69. The van der Waals surface area contributed by atoms with E-state index in [1.165, 1.54) is 7.11 Å². The Hall–Kier alpha value is -3.19. The topological polar surface area (TPSA) is 59.4 Å². The molecule has 7 heteroatoms. The summed E-state index contributed by atoms with van der Waals surface area (Å²) in [6, 6.07) is 17.5. The van der Waals surface area contributed by atoms with Gasteiger partial charge in [-0.2, -0.15) is 0 Å². The van der Waals surface area contributed by atoms with Gasteiger partial charge in [0.15, 0.2) is 5.11 Å². The fraction of sp³-hybridized carbons (Fsp3) is 0.261. The van der Waals surface area contributed by atoms with Crippen LogP contribution >= 0.6 is 12.2 Å². The number of nitrogens with zero attached hydrogens (tertiary/aromatic N) is 3. The number of carbonyl (C=O) groups excluding carboxylic acids is 1. The quantitative estimate of drug-likeness (QED) is 0.497. The number of thiocarbonyl (C=S) groups is 1. The number of hydrogen-bond acceptors (Lipinski definition) is 4. The Morgan fingerprint density at radius 1 is 1.17 bits per heavy atom. The minimum Gasteiger partial charge on any atom is -0.465 e. The summed E-state index contributed by atoms with van der Waals surface area (Å²) in [6.07, 6.45) is 3.80. The predicted octanol–water partition coefficient (Wildman–Crippen LogP) is 4.04. The molecule has 4 rings (SSSR count). The van der Waals surface area contributed by atoms with Crippen molar-refractivity contribution >= 4 is 23.3 Å².